The summed E-state index contributed by atoms with van der Waals surface area (Å²) in [6, 6.07) is 14.0. The van der Waals surface area contributed by atoms with Crippen molar-refractivity contribution in [3.63, 3.8) is 0 Å². The second-order valence-electron chi connectivity index (χ2n) is 8.67. The molecule has 150 valence electrons. The van der Waals surface area contributed by atoms with E-state index in [2.05, 4.69) is 56.2 Å². The molecule has 0 fully saturated rings. The van der Waals surface area contributed by atoms with Crippen LogP contribution in [-0.2, 0) is 4.79 Å². The molecule has 1 aliphatic heterocycles. The number of fused-ring (bicyclic) bond motifs is 1. The zero-order valence-electron chi connectivity index (χ0n) is 18.1. The monoisotopic (exact) mass is 387 g/mol. The van der Waals surface area contributed by atoms with Gasteiger partial charge >= 0.3 is 0 Å². The summed E-state index contributed by atoms with van der Waals surface area (Å²) in [5, 5.41) is 12.4. The number of rotatable bonds is 3. The molecule has 1 atom stereocenters. The minimum absolute atomic E-state index is 0.100. The normalized spacial score (nSPS) is 18.0. The number of nitrogens with one attached hydrogen (secondary N) is 1. The van der Waals surface area contributed by atoms with E-state index in [1.165, 1.54) is 11.3 Å². The average molecular weight is 388 g/mol. The van der Waals surface area contributed by atoms with Crippen molar-refractivity contribution in [1.82, 2.24) is 0 Å². The van der Waals surface area contributed by atoms with Crippen LogP contribution in [-0.4, -0.2) is 18.5 Å². The van der Waals surface area contributed by atoms with E-state index in [1.54, 1.807) is 6.08 Å². The number of nitrogens with zero attached hydrogens (tertiary/aromatic N) is 2. The lowest BCUT2D eigenvalue weighted by molar-refractivity contribution is -0.112. The van der Waals surface area contributed by atoms with Gasteiger partial charge in [-0.05, 0) is 86.6 Å². The summed E-state index contributed by atoms with van der Waals surface area (Å²) < 4.78 is 0. The van der Waals surface area contributed by atoms with Crippen LogP contribution in [0.2, 0.25) is 0 Å². The maximum Gasteiger partial charge on any atom is 0.266 e. The number of carbonyl (C=O) groups excluding carboxylic acids is 1. The number of carbonyl (C=O) groups is 1. The minimum atomic E-state index is -0.384. The van der Waals surface area contributed by atoms with Gasteiger partial charge in [0, 0.05) is 24.0 Å². The summed E-state index contributed by atoms with van der Waals surface area (Å²) in [4.78, 5) is 15.0. The van der Waals surface area contributed by atoms with Gasteiger partial charge in [-0.2, -0.15) is 5.26 Å². The van der Waals surface area contributed by atoms with Crippen molar-refractivity contribution in [3.8, 4) is 6.07 Å². The highest BCUT2D eigenvalue weighted by Gasteiger charge is 2.33. The molecule has 0 unspecified atom stereocenters. The highest BCUT2D eigenvalue weighted by atomic mass is 16.1. The first-order valence-corrected chi connectivity index (χ1v) is 10.0. The van der Waals surface area contributed by atoms with E-state index in [0.29, 0.717) is 5.92 Å². The number of anilines is 2. The molecule has 0 bridgehead atoms. The average Bonchev–Trinajstić information content (AvgIpc) is 2.67. The molecule has 1 amide bonds. The summed E-state index contributed by atoms with van der Waals surface area (Å²) in [7, 11) is 2.12. The molecule has 0 spiro atoms. The molecule has 4 heteroatoms. The predicted octanol–water partition coefficient (Wildman–Crippen LogP) is 5.57. The third-order valence-corrected chi connectivity index (χ3v) is 6.19. The van der Waals surface area contributed by atoms with E-state index in [9.17, 15) is 10.1 Å². The van der Waals surface area contributed by atoms with Crippen LogP contribution in [0.4, 0.5) is 11.4 Å². The van der Waals surface area contributed by atoms with Crippen LogP contribution in [0.15, 0.2) is 42.0 Å². The zero-order chi connectivity index (χ0) is 21.3. The Bertz CT molecular complexity index is 1030. The van der Waals surface area contributed by atoms with Gasteiger partial charge in [-0.3, -0.25) is 4.79 Å². The SMILES string of the molecule is Cc1cccc(NC(=O)/C(C#N)=C\c2ccc3c(c2)[C@@H](C)CC(C)(C)N3C)c1C. The van der Waals surface area contributed by atoms with Crippen LogP contribution < -0.4 is 10.2 Å². The summed E-state index contributed by atoms with van der Waals surface area (Å²) in [6.07, 6.45) is 2.73. The van der Waals surface area contributed by atoms with E-state index < -0.39 is 0 Å². The third-order valence-electron chi connectivity index (χ3n) is 6.19. The molecular formula is C25H29N3O. The van der Waals surface area contributed by atoms with Crippen LogP contribution in [0, 0.1) is 25.2 Å². The Kier molecular flexibility index (Phi) is 5.53. The maximum absolute atomic E-state index is 12.7. The first-order valence-electron chi connectivity index (χ1n) is 10.0. The topological polar surface area (TPSA) is 56.1 Å². The number of aryl methyl sites for hydroxylation is 1. The molecule has 0 saturated heterocycles. The highest BCUT2D eigenvalue weighted by Crippen LogP contribution is 2.42. The van der Waals surface area contributed by atoms with Crippen molar-refractivity contribution in [2.45, 2.75) is 52.5 Å². The highest BCUT2D eigenvalue weighted by molar-refractivity contribution is 6.10. The van der Waals surface area contributed by atoms with Crippen molar-refractivity contribution >= 4 is 23.4 Å². The van der Waals surface area contributed by atoms with Crippen molar-refractivity contribution < 1.29 is 4.79 Å². The maximum atomic E-state index is 12.7. The van der Waals surface area contributed by atoms with Crippen molar-refractivity contribution in [2.24, 2.45) is 0 Å². The molecule has 0 radical (unpaired) electrons. The fourth-order valence-electron chi connectivity index (χ4n) is 4.08. The summed E-state index contributed by atoms with van der Waals surface area (Å²) >= 11 is 0. The molecule has 2 aromatic rings. The Hall–Kier alpha value is -3.06. The van der Waals surface area contributed by atoms with Gasteiger partial charge in [0.25, 0.3) is 5.91 Å². The lowest BCUT2D eigenvalue weighted by Gasteiger charge is -2.45. The molecule has 1 aliphatic rings. The second kappa shape index (κ2) is 7.75. The fraction of sp³-hybridized carbons (Fsp3) is 0.360. The zero-order valence-corrected chi connectivity index (χ0v) is 18.1. The van der Waals surface area contributed by atoms with Gasteiger partial charge in [0.05, 0.1) is 0 Å². The Morgan fingerprint density at radius 1 is 1.28 bits per heavy atom. The van der Waals surface area contributed by atoms with Gasteiger partial charge < -0.3 is 10.2 Å². The van der Waals surface area contributed by atoms with Crippen molar-refractivity contribution in [2.75, 3.05) is 17.3 Å². The molecule has 1 heterocycles. The summed E-state index contributed by atoms with van der Waals surface area (Å²) in [6.45, 7) is 10.7. The van der Waals surface area contributed by atoms with Gasteiger partial charge in [0.1, 0.15) is 11.6 Å². The van der Waals surface area contributed by atoms with Crippen LogP contribution in [0.25, 0.3) is 6.08 Å². The largest absolute Gasteiger partial charge is 0.369 e. The minimum Gasteiger partial charge on any atom is -0.369 e. The molecular weight excluding hydrogens is 358 g/mol. The molecule has 3 rings (SSSR count). The number of hydrogen-bond donors (Lipinski definition) is 1. The number of amides is 1. The smallest absolute Gasteiger partial charge is 0.266 e. The molecule has 1 N–H and O–H groups in total. The fourth-order valence-corrected chi connectivity index (χ4v) is 4.08. The van der Waals surface area contributed by atoms with Crippen LogP contribution in [0.5, 0.6) is 0 Å². The van der Waals surface area contributed by atoms with E-state index in [-0.39, 0.29) is 17.0 Å². The van der Waals surface area contributed by atoms with Gasteiger partial charge in [0.2, 0.25) is 0 Å². The Morgan fingerprint density at radius 2 is 2.00 bits per heavy atom. The summed E-state index contributed by atoms with van der Waals surface area (Å²) in [5.74, 6) is 0.0316. The van der Waals surface area contributed by atoms with Crippen molar-refractivity contribution in [3.05, 3.63) is 64.2 Å². The third kappa shape index (κ3) is 4.05. The van der Waals surface area contributed by atoms with E-state index in [0.717, 1.165) is 28.8 Å². The standard InChI is InChI=1S/C25H29N3O/c1-16-8-7-9-22(18(16)3)27-24(29)20(15-26)12-19-10-11-23-21(13-19)17(2)14-25(4,5)28(23)6/h7-13,17H,14H2,1-6H3,(H,27,29)/b20-12-/t17-/m0/s1. The van der Waals surface area contributed by atoms with Gasteiger partial charge in [-0.25, -0.2) is 0 Å². The lowest BCUT2D eigenvalue weighted by atomic mass is 9.80. The van der Waals surface area contributed by atoms with Crippen LogP contribution >= 0.6 is 0 Å². The number of benzene rings is 2. The Balaban J connectivity index is 1.90. The van der Waals surface area contributed by atoms with Gasteiger partial charge in [-0.1, -0.05) is 25.1 Å². The molecule has 2 aromatic carbocycles. The van der Waals surface area contributed by atoms with E-state index in [4.69, 9.17) is 0 Å². The Morgan fingerprint density at radius 3 is 2.69 bits per heavy atom. The molecule has 0 saturated carbocycles. The van der Waals surface area contributed by atoms with Crippen molar-refractivity contribution in [1.29, 1.82) is 5.26 Å². The molecule has 29 heavy (non-hydrogen) atoms. The predicted molar refractivity (Wildman–Crippen MR) is 120 cm³/mol. The summed E-state index contributed by atoms with van der Waals surface area (Å²) in [5.41, 5.74) is 6.38. The molecule has 0 aliphatic carbocycles. The van der Waals surface area contributed by atoms with Crippen LogP contribution in [0.1, 0.15) is 55.4 Å². The molecule has 4 nitrogen and oxygen atoms in total. The quantitative estimate of drug-likeness (QED) is 0.553. The molecule has 0 aromatic heterocycles. The number of hydrogen-bond acceptors (Lipinski definition) is 3. The lowest BCUT2D eigenvalue weighted by Crippen LogP contribution is -2.45. The van der Waals surface area contributed by atoms with Crippen LogP contribution in [0.3, 0.4) is 0 Å². The van der Waals surface area contributed by atoms with E-state index in [1.807, 2.05) is 38.1 Å². The number of nitriles is 1. The Labute approximate surface area is 173 Å². The van der Waals surface area contributed by atoms with E-state index >= 15 is 0 Å². The second-order valence-corrected chi connectivity index (χ2v) is 8.67. The van der Waals surface area contributed by atoms with Gasteiger partial charge in [0.15, 0.2) is 0 Å². The first kappa shape index (κ1) is 20.7. The van der Waals surface area contributed by atoms with Gasteiger partial charge in [-0.15, -0.1) is 0 Å². The first-order chi connectivity index (χ1) is 13.6.